The molecule has 0 amide bonds. The van der Waals surface area contributed by atoms with Gasteiger partial charge in [0, 0.05) is 6.54 Å². The number of thiocarbonyl (C=S) groups is 1. The third-order valence-corrected chi connectivity index (χ3v) is 4.25. The topological polar surface area (TPSA) is 63.4 Å². The second-order valence-electron chi connectivity index (χ2n) is 3.76. The van der Waals surface area contributed by atoms with Gasteiger partial charge < -0.3 is 5.73 Å². The summed E-state index contributed by atoms with van der Waals surface area (Å²) >= 11 is 4.74. The van der Waals surface area contributed by atoms with Crippen molar-refractivity contribution in [1.82, 2.24) is 4.31 Å². The number of rotatable bonds is 6. The van der Waals surface area contributed by atoms with Gasteiger partial charge in [-0.3, -0.25) is 0 Å². The highest BCUT2D eigenvalue weighted by atomic mass is 32.2. The summed E-state index contributed by atoms with van der Waals surface area (Å²) in [6.07, 6.45) is 0.642. The lowest BCUT2D eigenvalue weighted by molar-refractivity contribution is 0.449. The van der Waals surface area contributed by atoms with Crippen LogP contribution in [0.4, 0.5) is 4.39 Å². The van der Waals surface area contributed by atoms with Gasteiger partial charge in [-0.25, -0.2) is 12.8 Å². The first-order valence-corrected chi connectivity index (χ1v) is 7.26. The molecule has 0 aliphatic heterocycles. The van der Waals surface area contributed by atoms with Crippen LogP contribution in [0, 0.1) is 5.82 Å². The maximum Gasteiger partial charge on any atom is 0.243 e. The van der Waals surface area contributed by atoms with Crippen LogP contribution in [0.3, 0.4) is 0 Å². The third kappa shape index (κ3) is 3.72. The van der Waals surface area contributed by atoms with Crippen molar-refractivity contribution in [2.24, 2.45) is 5.73 Å². The molecule has 0 aromatic heterocycles. The molecule has 0 saturated heterocycles. The van der Waals surface area contributed by atoms with Crippen molar-refractivity contribution in [2.75, 3.05) is 13.1 Å². The lowest BCUT2D eigenvalue weighted by Gasteiger charge is -2.20. The molecule has 0 aliphatic carbocycles. The van der Waals surface area contributed by atoms with E-state index in [9.17, 15) is 12.8 Å². The Bertz CT molecular complexity index is 514. The van der Waals surface area contributed by atoms with E-state index in [-0.39, 0.29) is 16.4 Å². The molecule has 0 unspecified atom stereocenters. The summed E-state index contributed by atoms with van der Waals surface area (Å²) in [6.45, 7) is 2.16. The fourth-order valence-corrected chi connectivity index (χ4v) is 3.21. The van der Waals surface area contributed by atoms with Gasteiger partial charge in [0.2, 0.25) is 10.0 Å². The molecule has 2 N–H and O–H groups in total. The molecule has 0 heterocycles. The van der Waals surface area contributed by atoms with Crippen LogP contribution in [0.1, 0.15) is 13.3 Å². The number of hydrogen-bond donors (Lipinski definition) is 1. The number of sulfonamides is 1. The minimum absolute atomic E-state index is 0.0110. The zero-order valence-electron chi connectivity index (χ0n) is 9.97. The Hall–Kier alpha value is -1.05. The van der Waals surface area contributed by atoms with E-state index in [0.29, 0.717) is 13.0 Å². The Balaban J connectivity index is 3.08. The average molecular weight is 290 g/mol. The molecular formula is C11H15FN2O2S2. The minimum atomic E-state index is -3.68. The molecule has 4 nitrogen and oxygen atoms in total. The molecular weight excluding hydrogens is 275 g/mol. The van der Waals surface area contributed by atoms with Crippen LogP contribution in [0.25, 0.3) is 0 Å². The molecule has 0 aliphatic rings. The van der Waals surface area contributed by atoms with E-state index in [4.69, 9.17) is 18.0 Å². The molecule has 0 radical (unpaired) electrons. The first-order valence-electron chi connectivity index (χ1n) is 5.42. The monoisotopic (exact) mass is 290 g/mol. The first-order chi connectivity index (χ1) is 8.37. The Morgan fingerprint density at radius 3 is 2.39 bits per heavy atom. The standard InChI is InChI=1S/C11H15FN2O2S2/c1-2-7-14(8-11(13)17)18(15,16)10-5-3-9(12)4-6-10/h3-6H,2,7-8H2,1H3,(H2,13,17). The van der Waals surface area contributed by atoms with E-state index in [1.165, 1.54) is 16.4 Å². The van der Waals surface area contributed by atoms with E-state index < -0.39 is 15.8 Å². The molecule has 0 saturated carbocycles. The zero-order chi connectivity index (χ0) is 13.8. The second-order valence-corrected chi connectivity index (χ2v) is 6.22. The summed E-state index contributed by atoms with van der Waals surface area (Å²) in [5.41, 5.74) is 5.39. The predicted molar refractivity (Wildman–Crippen MR) is 72.2 cm³/mol. The third-order valence-electron chi connectivity index (χ3n) is 2.26. The van der Waals surface area contributed by atoms with Gasteiger partial charge in [-0.15, -0.1) is 0 Å². The van der Waals surface area contributed by atoms with Gasteiger partial charge in [0.15, 0.2) is 0 Å². The predicted octanol–water partition coefficient (Wildman–Crippen LogP) is 1.51. The second kappa shape index (κ2) is 6.21. The Morgan fingerprint density at radius 2 is 1.94 bits per heavy atom. The molecule has 1 rings (SSSR count). The minimum Gasteiger partial charge on any atom is -0.392 e. The van der Waals surface area contributed by atoms with Crippen LogP contribution < -0.4 is 5.73 Å². The smallest absolute Gasteiger partial charge is 0.243 e. The fourth-order valence-electron chi connectivity index (χ4n) is 1.46. The Labute approximate surface area is 112 Å². The first kappa shape index (κ1) is 15.0. The van der Waals surface area contributed by atoms with Crippen molar-refractivity contribution < 1.29 is 12.8 Å². The molecule has 0 atom stereocenters. The highest BCUT2D eigenvalue weighted by Gasteiger charge is 2.24. The molecule has 1 aromatic carbocycles. The summed E-state index contributed by atoms with van der Waals surface area (Å²) in [7, 11) is -3.68. The number of hydrogen-bond acceptors (Lipinski definition) is 3. The largest absolute Gasteiger partial charge is 0.392 e. The van der Waals surface area contributed by atoms with Crippen molar-refractivity contribution in [3.63, 3.8) is 0 Å². The summed E-state index contributed by atoms with van der Waals surface area (Å²) < 4.78 is 38.5. The van der Waals surface area contributed by atoms with Crippen molar-refractivity contribution in [3.8, 4) is 0 Å². The van der Waals surface area contributed by atoms with Gasteiger partial charge in [0.1, 0.15) is 5.82 Å². The van der Waals surface area contributed by atoms with Crippen molar-refractivity contribution >= 4 is 27.2 Å². The van der Waals surface area contributed by atoms with Crippen LogP contribution in [0.5, 0.6) is 0 Å². The van der Waals surface area contributed by atoms with Crippen LogP contribution in [0.15, 0.2) is 29.2 Å². The van der Waals surface area contributed by atoms with Crippen LogP contribution in [-0.2, 0) is 10.0 Å². The van der Waals surface area contributed by atoms with Gasteiger partial charge >= 0.3 is 0 Å². The van der Waals surface area contributed by atoms with Crippen LogP contribution >= 0.6 is 12.2 Å². The summed E-state index contributed by atoms with van der Waals surface area (Å²) in [6, 6.07) is 4.68. The highest BCUT2D eigenvalue weighted by Crippen LogP contribution is 2.16. The highest BCUT2D eigenvalue weighted by molar-refractivity contribution is 7.89. The van der Waals surface area contributed by atoms with E-state index in [1.807, 2.05) is 6.92 Å². The van der Waals surface area contributed by atoms with Gasteiger partial charge in [0.05, 0.1) is 16.4 Å². The molecule has 7 heteroatoms. The Kier molecular flexibility index (Phi) is 5.18. The molecule has 0 spiro atoms. The number of nitrogens with zero attached hydrogens (tertiary/aromatic N) is 1. The van der Waals surface area contributed by atoms with Gasteiger partial charge in [-0.1, -0.05) is 19.1 Å². The van der Waals surface area contributed by atoms with E-state index in [1.54, 1.807) is 0 Å². The van der Waals surface area contributed by atoms with E-state index in [2.05, 4.69) is 0 Å². The lowest BCUT2D eigenvalue weighted by Crippen LogP contribution is -2.38. The van der Waals surface area contributed by atoms with Gasteiger partial charge in [0.25, 0.3) is 0 Å². The maximum absolute atomic E-state index is 12.8. The summed E-state index contributed by atoms with van der Waals surface area (Å²) in [5.74, 6) is -0.481. The molecule has 100 valence electrons. The molecule has 0 bridgehead atoms. The van der Waals surface area contributed by atoms with Gasteiger partial charge in [-0.2, -0.15) is 4.31 Å². The lowest BCUT2D eigenvalue weighted by atomic mass is 10.4. The quantitative estimate of drug-likeness (QED) is 0.807. The van der Waals surface area contributed by atoms with Crippen LogP contribution in [0.2, 0.25) is 0 Å². The van der Waals surface area contributed by atoms with Crippen LogP contribution in [-0.4, -0.2) is 30.8 Å². The zero-order valence-corrected chi connectivity index (χ0v) is 11.6. The van der Waals surface area contributed by atoms with Gasteiger partial charge in [-0.05, 0) is 30.7 Å². The Morgan fingerprint density at radius 1 is 1.39 bits per heavy atom. The normalized spacial score (nSPS) is 11.7. The fraction of sp³-hybridized carbons (Fsp3) is 0.364. The maximum atomic E-state index is 12.8. The number of nitrogens with two attached hydrogens (primary N) is 1. The SMILES string of the molecule is CCCN(CC(N)=S)S(=O)(=O)c1ccc(F)cc1. The molecule has 1 aromatic rings. The van der Waals surface area contributed by atoms with E-state index in [0.717, 1.165) is 12.1 Å². The average Bonchev–Trinajstić information content (AvgIpc) is 2.28. The summed E-state index contributed by atoms with van der Waals surface area (Å²) in [5, 5.41) is 0. The number of benzene rings is 1. The van der Waals surface area contributed by atoms with Crippen molar-refractivity contribution in [2.45, 2.75) is 18.2 Å². The van der Waals surface area contributed by atoms with E-state index >= 15 is 0 Å². The summed E-state index contributed by atoms with van der Waals surface area (Å²) in [4.78, 5) is 0.141. The van der Waals surface area contributed by atoms with Crippen molar-refractivity contribution in [3.05, 3.63) is 30.1 Å². The molecule has 0 fully saturated rings. The van der Waals surface area contributed by atoms with Crippen molar-refractivity contribution in [1.29, 1.82) is 0 Å². The number of halogens is 1. The molecule has 18 heavy (non-hydrogen) atoms.